The largest absolute Gasteiger partial charge is 0.377 e. The fraction of sp³-hybridized carbons (Fsp3) is 0.250. The molecule has 2 aliphatic carbocycles. The van der Waals surface area contributed by atoms with Crippen molar-refractivity contribution in [2.24, 2.45) is 0 Å². The number of thioether (sulfide) groups is 1. The predicted molar refractivity (Wildman–Crippen MR) is 130 cm³/mol. The van der Waals surface area contributed by atoms with E-state index in [1.54, 1.807) is 18.0 Å². The molecule has 2 heterocycles. The molecule has 3 nitrogen and oxygen atoms in total. The predicted octanol–water partition coefficient (Wildman–Crippen LogP) is 5.56. The van der Waals surface area contributed by atoms with Crippen LogP contribution in [0.5, 0.6) is 0 Å². The van der Waals surface area contributed by atoms with Gasteiger partial charge in [0.2, 0.25) is 0 Å². The van der Waals surface area contributed by atoms with Crippen molar-refractivity contribution in [3.63, 3.8) is 0 Å². The van der Waals surface area contributed by atoms with Gasteiger partial charge in [-0.15, -0.1) is 11.8 Å². The van der Waals surface area contributed by atoms with Gasteiger partial charge in [-0.1, -0.05) is 61.5 Å². The standard InChI is InChI=1S/C28H26N2OS/c1-2-32-26-25(12-7-15-29-26)28(31)13-16-30(17-14-28)19-27-18-22(20-8-3-5-10-23(20)27)21-9-4-6-11-24(21)27/h3-17,22,31H,2,18-19H2,1H3. The van der Waals surface area contributed by atoms with Gasteiger partial charge in [0.1, 0.15) is 10.6 Å². The van der Waals surface area contributed by atoms with Gasteiger partial charge in [0.05, 0.1) is 0 Å². The highest BCUT2D eigenvalue weighted by atomic mass is 32.2. The van der Waals surface area contributed by atoms with Crippen molar-refractivity contribution in [3.8, 4) is 0 Å². The van der Waals surface area contributed by atoms with Crippen LogP contribution in [-0.2, 0) is 11.0 Å². The van der Waals surface area contributed by atoms with Crippen molar-refractivity contribution >= 4 is 11.8 Å². The number of pyridine rings is 1. The molecule has 0 spiro atoms. The zero-order valence-corrected chi connectivity index (χ0v) is 18.9. The van der Waals surface area contributed by atoms with Crippen molar-refractivity contribution in [1.29, 1.82) is 0 Å². The van der Waals surface area contributed by atoms with Crippen LogP contribution < -0.4 is 0 Å². The molecular formula is C28H26N2OS. The average molecular weight is 439 g/mol. The summed E-state index contributed by atoms with van der Waals surface area (Å²) in [5, 5.41) is 12.3. The Labute approximate surface area is 193 Å². The van der Waals surface area contributed by atoms with Crippen molar-refractivity contribution < 1.29 is 5.11 Å². The van der Waals surface area contributed by atoms with Gasteiger partial charge in [-0.25, -0.2) is 4.98 Å². The van der Waals surface area contributed by atoms with Crippen LogP contribution in [0.15, 0.2) is 96.4 Å². The summed E-state index contributed by atoms with van der Waals surface area (Å²) >= 11 is 1.66. The molecule has 1 aromatic heterocycles. The number of rotatable bonds is 5. The monoisotopic (exact) mass is 438 g/mol. The van der Waals surface area contributed by atoms with Crippen LogP contribution in [0.1, 0.15) is 47.1 Å². The Bertz CT molecular complexity index is 1190. The second kappa shape index (κ2) is 7.36. The Morgan fingerprint density at radius 1 is 0.938 bits per heavy atom. The van der Waals surface area contributed by atoms with E-state index in [1.807, 2.05) is 36.7 Å². The highest BCUT2D eigenvalue weighted by Crippen LogP contribution is 2.60. The van der Waals surface area contributed by atoms with Gasteiger partial charge in [0.25, 0.3) is 0 Å². The minimum atomic E-state index is -1.14. The zero-order chi connectivity index (χ0) is 21.8. The summed E-state index contributed by atoms with van der Waals surface area (Å²) in [6.07, 6.45) is 10.8. The maximum Gasteiger partial charge on any atom is 0.132 e. The van der Waals surface area contributed by atoms with Crippen LogP contribution in [0.3, 0.4) is 0 Å². The molecule has 1 N–H and O–H groups in total. The quantitative estimate of drug-likeness (QED) is 0.529. The minimum absolute atomic E-state index is 0.0144. The van der Waals surface area contributed by atoms with Gasteiger partial charge in [-0.05, 0) is 52.6 Å². The van der Waals surface area contributed by atoms with E-state index in [2.05, 4.69) is 65.3 Å². The lowest BCUT2D eigenvalue weighted by Crippen LogP contribution is -2.37. The smallest absolute Gasteiger partial charge is 0.132 e. The highest BCUT2D eigenvalue weighted by molar-refractivity contribution is 7.99. The third-order valence-corrected chi connectivity index (χ3v) is 8.12. The molecule has 3 aromatic rings. The molecule has 0 unspecified atom stereocenters. The second-order valence-electron chi connectivity index (χ2n) is 8.93. The maximum atomic E-state index is 11.4. The molecule has 6 rings (SSSR count). The molecule has 0 fully saturated rings. The Hall–Kier alpha value is -2.82. The summed E-state index contributed by atoms with van der Waals surface area (Å²) in [6.45, 7) is 2.97. The topological polar surface area (TPSA) is 36.4 Å². The summed E-state index contributed by atoms with van der Waals surface area (Å²) in [6, 6.07) is 21.7. The van der Waals surface area contributed by atoms with Gasteiger partial charge < -0.3 is 10.0 Å². The summed E-state index contributed by atoms with van der Waals surface area (Å²) in [4.78, 5) is 6.73. The van der Waals surface area contributed by atoms with Crippen molar-refractivity contribution in [2.75, 3.05) is 12.3 Å². The average Bonchev–Trinajstić information content (AvgIpc) is 3.34. The van der Waals surface area contributed by atoms with E-state index in [-0.39, 0.29) is 5.41 Å². The third kappa shape index (κ3) is 2.83. The Morgan fingerprint density at radius 3 is 2.22 bits per heavy atom. The first kappa shape index (κ1) is 19.8. The molecule has 0 amide bonds. The van der Waals surface area contributed by atoms with Crippen LogP contribution in [-0.4, -0.2) is 27.3 Å². The minimum Gasteiger partial charge on any atom is -0.377 e. The van der Waals surface area contributed by atoms with Crippen molar-refractivity contribution in [2.45, 2.75) is 35.3 Å². The number of aromatic nitrogens is 1. The summed E-state index contributed by atoms with van der Waals surface area (Å²) in [7, 11) is 0. The molecule has 2 bridgehead atoms. The van der Waals surface area contributed by atoms with Crippen LogP contribution in [0, 0.1) is 0 Å². The van der Waals surface area contributed by atoms with Crippen LogP contribution >= 0.6 is 11.8 Å². The number of hydrogen-bond donors (Lipinski definition) is 1. The normalized spacial score (nSPS) is 23.9. The zero-order valence-electron chi connectivity index (χ0n) is 18.1. The van der Waals surface area contributed by atoms with E-state index in [1.165, 1.54) is 22.3 Å². The maximum absolute atomic E-state index is 11.4. The first-order valence-electron chi connectivity index (χ1n) is 11.3. The molecule has 1 aliphatic heterocycles. The van der Waals surface area contributed by atoms with E-state index in [4.69, 9.17) is 0 Å². The molecule has 3 aliphatic rings. The van der Waals surface area contributed by atoms with E-state index in [0.717, 1.165) is 29.3 Å². The fourth-order valence-electron chi connectivity index (χ4n) is 5.88. The summed E-state index contributed by atoms with van der Waals surface area (Å²) in [5.74, 6) is 1.41. The first-order chi connectivity index (χ1) is 15.6. The Kier molecular flexibility index (Phi) is 4.56. The van der Waals surface area contributed by atoms with Crippen LogP contribution in [0.25, 0.3) is 0 Å². The molecule has 0 radical (unpaired) electrons. The molecule has 160 valence electrons. The number of fused-ring (bicyclic) bond motifs is 8. The number of benzene rings is 2. The molecule has 0 saturated heterocycles. The second-order valence-corrected chi connectivity index (χ2v) is 10.2. The van der Waals surface area contributed by atoms with Crippen molar-refractivity contribution in [1.82, 2.24) is 9.88 Å². The molecule has 32 heavy (non-hydrogen) atoms. The highest BCUT2D eigenvalue weighted by Gasteiger charge is 2.53. The summed E-state index contributed by atoms with van der Waals surface area (Å²) in [5.41, 5.74) is 5.56. The van der Waals surface area contributed by atoms with E-state index in [0.29, 0.717) is 5.92 Å². The van der Waals surface area contributed by atoms with Gasteiger partial charge in [-0.2, -0.15) is 0 Å². The Morgan fingerprint density at radius 2 is 1.56 bits per heavy atom. The lowest BCUT2D eigenvalue weighted by atomic mass is 9.74. The molecule has 2 aromatic carbocycles. The first-order valence-corrected chi connectivity index (χ1v) is 12.3. The van der Waals surface area contributed by atoms with Gasteiger partial charge in [-0.3, -0.25) is 0 Å². The van der Waals surface area contributed by atoms with Crippen molar-refractivity contribution in [3.05, 3.63) is 119 Å². The number of nitrogens with zero attached hydrogens (tertiary/aromatic N) is 2. The lowest BCUT2D eigenvalue weighted by Gasteiger charge is -2.37. The summed E-state index contributed by atoms with van der Waals surface area (Å²) < 4.78 is 0. The molecule has 4 heteroatoms. The third-order valence-electron chi connectivity index (χ3n) is 7.23. The van der Waals surface area contributed by atoms with Crippen LogP contribution in [0.4, 0.5) is 0 Å². The molecule has 0 saturated carbocycles. The molecule has 0 atom stereocenters. The lowest BCUT2D eigenvalue weighted by molar-refractivity contribution is 0.131. The van der Waals surface area contributed by atoms with E-state index >= 15 is 0 Å². The van der Waals surface area contributed by atoms with Crippen LogP contribution in [0.2, 0.25) is 0 Å². The van der Waals surface area contributed by atoms with Gasteiger partial charge in [0.15, 0.2) is 0 Å². The number of hydrogen-bond acceptors (Lipinski definition) is 4. The van der Waals surface area contributed by atoms with E-state index < -0.39 is 5.60 Å². The van der Waals surface area contributed by atoms with Gasteiger partial charge in [0, 0.05) is 42.0 Å². The SMILES string of the molecule is CCSc1ncccc1C1(O)C=CN(CC23CC(c4ccccc42)c2ccccc23)C=C1. The van der Waals surface area contributed by atoms with E-state index in [9.17, 15) is 5.11 Å². The van der Waals surface area contributed by atoms with Gasteiger partial charge >= 0.3 is 0 Å². The molecular weight excluding hydrogens is 412 g/mol. The number of aliphatic hydroxyl groups is 1. The fourth-order valence-corrected chi connectivity index (χ4v) is 6.67. The Balaban J connectivity index is 1.34.